The van der Waals surface area contributed by atoms with Crippen molar-refractivity contribution in [2.24, 2.45) is 35.5 Å². The molecule has 0 nitrogen and oxygen atoms in total. The maximum absolute atomic E-state index is 2.40. The molecule has 1 aliphatic rings. The predicted molar refractivity (Wildman–Crippen MR) is 98.7 cm³/mol. The lowest BCUT2D eigenvalue weighted by Crippen LogP contribution is -2.18. The molecule has 0 aromatic rings. The van der Waals surface area contributed by atoms with Crippen LogP contribution in [0.2, 0.25) is 0 Å². The third-order valence-electron chi connectivity index (χ3n) is 6.03. The van der Waals surface area contributed by atoms with E-state index in [0.717, 1.165) is 35.5 Å². The Morgan fingerprint density at radius 2 is 1.48 bits per heavy atom. The maximum Gasteiger partial charge on any atom is -0.0414 e. The van der Waals surface area contributed by atoms with Gasteiger partial charge in [0, 0.05) is 0 Å². The fourth-order valence-electron chi connectivity index (χ4n) is 3.70. The molecule has 1 fully saturated rings. The molecule has 0 amide bonds. The van der Waals surface area contributed by atoms with E-state index >= 15 is 0 Å². The van der Waals surface area contributed by atoms with Crippen molar-refractivity contribution in [3.63, 3.8) is 0 Å². The molecule has 0 N–H and O–H groups in total. The van der Waals surface area contributed by atoms with E-state index < -0.39 is 0 Å². The van der Waals surface area contributed by atoms with Crippen LogP contribution in [-0.4, -0.2) is 0 Å². The lowest BCUT2D eigenvalue weighted by Gasteiger charge is -2.29. The molecular formula is C21H44. The van der Waals surface area contributed by atoms with Crippen LogP contribution in [0.4, 0.5) is 0 Å². The molecule has 0 spiro atoms. The third-order valence-corrected chi connectivity index (χ3v) is 6.03. The normalized spacial score (nSPS) is 30.0. The highest BCUT2D eigenvalue weighted by Gasteiger charge is 2.20. The average molecular weight is 297 g/mol. The molecular weight excluding hydrogens is 252 g/mol. The first-order valence-electron chi connectivity index (χ1n) is 9.81. The molecule has 0 aliphatic heterocycles. The Morgan fingerprint density at radius 3 is 1.90 bits per heavy atom. The Bertz CT molecular complexity index is 232. The molecule has 0 heteroatoms. The Morgan fingerprint density at radius 1 is 0.857 bits per heavy atom. The summed E-state index contributed by atoms with van der Waals surface area (Å²) in [6.45, 7) is 18.9. The van der Waals surface area contributed by atoms with Gasteiger partial charge < -0.3 is 0 Å². The van der Waals surface area contributed by atoms with Crippen LogP contribution in [0.15, 0.2) is 0 Å². The minimum Gasteiger partial charge on any atom is -0.0654 e. The van der Waals surface area contributed by atoms with Crippen molar-refractivity contribution in [2.45, 2.75) is 100 Å². The van der Waals surface area contributed by atoms with E-state index in [0.29, 0.717) is 0 Å². The van der Waals surface area contributed by atoms with Crippen LogP contribution in [-0.2, 0) is 0 Å². The molecule has 1 saturated carbocycles. The molecule has 6 unspecified atom stereocenters. The van der Waals surface area contributed by atoms with Crippen LogP contribution in [0, 0.1) is 35.5 Å². The lowest BCUT2D eigenvalue weighted by molar-refractivity contribution is 0.220. The van der Waals surface area contributed by atoms with Crippen molar-refractivity contribution < 1.29 is 0 Å². The topological polar surface area (TPSA) is 0 Å². The lowest BCUT2D eigenvalue weighted by atomic mass is 9.77. The summed E-state index contributed by atoms with van der Waals surface area (Å²) >= 11 is 0. The summed E-state index contributed by atoms with van der Waals surface area (Å²) in [4.78, 5) is 0. The van der Waals surface area contributed by atoms with Gasteiger partial charge in [-0.3, -0.25) is 0 Å². The number of hydrogen-bond donors (Lipinski definition) is 0. The molecule has 0 radical (unpaired) electrons. The van der Waals surface area contributed by atoms with E-state index in [1.165, 1.54) is 44.9 Å². The van der Waals surface area contributed by atoms with Crippen molar-refractivity contribution in [1.29, 1.82) is 0 Å². The highest BCUT2D eigenvalue weighted by Crippen LogP contribution is 2.32. The maximum atomic E-state index is 2.40. The van der Waals surface area contributed by atoms with E-state index in [2.05, 4.69) is 55.4 Å². The zero-order valence-electron chi connectivity index (χ0n) is 16.4. The van der Waals surface area contributed by atoms with Crippen LogP contribution >= 0.6 is 0 Å². The first kappa shape index (κ1) is 21.0. The summed E-state index contributed by atoms with van der Waals surface area (Å²) in [6, 6.07) is 0. The van der Waals surface area contributed by atoms with Gasteiger partial charge in [0.15, 0.2) is 0 Å². The molecule has 128 valence electrons. The van der Waals surface area contributed by atoms with Crippen molar-refractivity contribution in [3.8, 4) is 0 Å². The monoisotopic (exact) mass is 296 g/mol. The minimum atomic E-state index is 0.907. The van der Waals surface area contributed by atoms with Crippen LogP contribution in [0.5, 0.6) is 0 Å². The van der Waals surface area contributed by atoms with Gasteiger partial charge in [-0.1, -0.05) is 87.5 Å². The molecule has 0 heterocycles. The minimum absolute atomic E-state index is 0.907. The second-order valence-corrected chi connectivity index (χ2v) is 8.37. The van der Waals surface area contributed by atoms with Gasteiger partial charge in [0.05, 0.1) is 0 Å². The quantitative estimate of drug-likeness (QED) is 0.474. The predicted octanol–water partition coefficient (Wildman–Crippen LogP) is 7.57. The van der Waals surface area contributed by atoms with Crippen LogP contribution < -0.4 is 0 Å². The van der Waals surface area contributed by atoms with Crippen molar-refractivity contribution in [3.05, 3.63) is 0 Å². The van der Waals surface area contributed by atoms with Crippen molar-refractivity contribution in [1.82, 2.24) is 0 Å². The third kappa shape index (κ3) is 9.59. The number of hydrogen-bond acceptors (Lipinski definition) is 0. The largest absolute Gasteiger partial charge is 0.0654 e. The average Bonchev–Trinajstić information content (AvgIpc) is 2.43. The van der Waals surface area contributed by atoms with Gasteiger partial charge >= 0.3 is 0 Å². The molecule has 1 rings (SSSR count). The van der Waals surface area contributed by atoms with Gasteiger partial charge in [0.1, 0.15) is 0 Å². The SMILES string of the molecule is CC1CCC(C)C(C)C1.CCCC(C)CC(C)C(C)CC. The highest BCUT2D eigenvalue weighted by molar-refractivity contribution is 4.72. The van der Waals surface area contributed by atoms with Gasteiger partial charge in [0.2, 0.25) is 0 Å². The summed E-state index contributed by atoms with van der Waals surface area (Å²) in [7, 11) is 0. The summed E-state index contributed by atoms with van der Waals surface area (Å²) in [5.74, 6) is 5.71. The summed E-state index contributed by atoms with van der Waals surface area (Å²) in [6.07, 6.45) is 9.88. The van der Waals surface area contributed by atoms with Crippen LogP contribution in [0.1, 0.15) is 100 Å². The zero-order chi connectivity index (χ0) is 16.4. The van der Waals surface area contributed by atoms with Gasteiger partial charge in [-0.15, -0.1) is 0 Å². The molecule has 0 saturated heterocycles. The second-order valence-electron chi connectivity index (χ2n) is 8.37. The molecule has 1 aliphatic carbocycles. The van der Waals surface area contributed by atoms with Gasteiger partial charge in [-0.25, -0.2) is 0 Å². The Labute approximate surface area is 136 Å². The molecule has 0 aromatic carbocycles. The Balaban J connectivity index is 0.000000394. The van der Waals surface area contributed by atoms with Crippen LogP contribution in [0.25, 0.3) is 0 Å². The van der Waals surface area contributed by atoms with E-state index in [9.17, 15) is 0 Å². The van der Waals surface area contributed by atoms with Crippen molar-refractivity contribution in [2.75, 3.05) is 0 Å². The fourth-order valence-corrected chi connectivity index (χ4v) is 3.70. The first-order chi connectivity index (χ1) is 9.81. The van der Waals surface area contributed by atoms with E-state index in [-0.39, 0.29) is 0 Å². The molecule has 6 atom stereocenters. The molecule has 0 bridgehead atoms. The second kappa shape index (κ2) is 11.6. The van der Waals surface area contributed by atoms with E-state index in [1.54, 1.807) is 0 Å². The summed E-state index contributed by atoms with van der Waals surface area (Å²) < 4.78 is 0. The van der Waals surface area contributed by atoms with Gasteiger partial charge in [0.25, 0.3) is 0 Å². The van der Waals surface area contributed by atoms with Gasteiger partial charge in [-0.05, 0) is 48.3 Å². The van der Waals surface area contributed by atoms with Crippen LogP contribution in [0.3, 0.4) is 0 Å². The molecule has 0 aromatic heterocycles. The van der Waals surface area contributed by atoms with Crippen molar-refractivity contribution >= 4 is 0 Å². The van der Waals surface area contributed by atoms with Gasteiger partial charge in [-0.2, -0.15) is 0 Å². The van der Waals surface area contributed by atoms with E-state index in [1.807, 2.05) is 0 Å². The van der Waals surface area contributed by atoms with E-state index in [4.69, 9.17) is 0 Å². The molecule has 21 heavy (non-hydrogen) atoms. The highest BCUT2D eigenvalue weighted by atomic mass is 14.3. The summed E-state index contributed by atoms with van der Waals surface area (Å²) in [5, 5.41) is 0. The zero-order valence-corrected chi connectivity index (χ0v) is 16.4. The summed E-state index contributed by atoms with van der Waals surface area (Å²) in [5.41, 5.74) is 0. The smallest absolute Gasteiger partial charge is 0.0414 e. The Hall–Kier alpha value is 0. The fraction of sp³-hybridized carbons (Fsp3) is 1.00. The Kier molecular flexibility index (Phi) is 11.6. The first-order valence-corrected chi connectivity index (χ1v) is 9.81. The standard InChI is InChI=1S/C12H26.C9H18/c1-6-8-10(3)9-12(5)11(4)7-2;1-7-4-5-8(2)9(3)6-7/h10-12H,6-9H2,1-5H3;7-9H,4-6H2,1-3H3. The number of rotatable bonds is 6.